The maximum absolute atomic E-state index is 5.94. The van der Waals surface area contributed by atoms with Crippen LogP contribution in [0.5, 0.6) is 11.5 Å². The summed E-state index contributed by atoms with van der Waals surface area (Å²) in [5, 5.41) is 3.10. The molecule has 2 aromatic carbocycles. The second kappa shape index (κ2) is 9.45. The number of aliphatic imine (C=N–C) groups is 1. The summed E-state index contributed by atoms with van der Waals surface area (Å²) in [5.41, 5.74) is 8.71. The molecular weight excluding hydrogens is 356 g/mol. The van der Waals surface area contributed by atoms with Crippen LogP contribution in [0.15, 0.2) is 64.2 Å². The zero-order chi connectivity index (χ0) is 19.8. The van der Waals surface area contributed by atoms with E-state index in [0.717, 1.165) is 23.2 Å². The van der Waals surface area contributed by atoms with Crippen LogP contribution >= 0.6 is 0 Å². The molecule has 1 aromatic heterocycles. The first-order valence-electron chi connectivity index (χ1n) is 8.94. The van der Waals surface area contributed by atoms with Gasteiger partial charge in [-0.15, -0.1) is 0 Å². The van der Waals surface area contributed by atoms with Gasteiger partial charge in [0.2, 0.25) is 5.89 Å². The van der Waals surface area contributed by atoms with Crippen molar-refractivity contribution in [3.63, 3.8) is 0 Å². The fraction of sp³-hybridized carbons (Fsp3) is 0.238. The molecule has 7 heteroatoms. The molecule has 0 unspecified atom stereocenters. The first-order chi connectivity index (χ1) is 13.7. The molecule has 3 N–H and O–H groups in total. The molecule has 28 heavy (non-hydrogen) atoms. The number of benzene rings is 2. The first-order valence-corrected chi connectivity index (χ1v) is 8.94. The first kappa shape index (κ1) is 19.3. The molecule has 0 saturated heterocycles. The number of ether oxygens (including phenoxy) is 2. The number of hydrogen-bond donors (Lipinski definition) is 2. The summed E-state index contributed by atoms with van der Waals surface area (Å²) < 4.78 is 16.1. The predicted octanol–water partition coefficient (Wildman–Crippen LogP) is 3.01. The summed E-state index contributed by atoms with van der Waals surface area (Å²) in [5.74, 6) is 2.36. The Morgan fingerprint density at radius 1 is 1.11 bits per heavy atom. The van der Waals surface area contributed by atoms with E-state index in [9.17, 15) is 0 Å². The molecule has 146 valence electrons. The van der Waals surface area contributed by atoms with Crippen LogP contribution in [0.1, 0.15) is 11.3 Å². The van der Waals surface area contributed by atoms with Gasteiger partial charge >= 0.3 is 0 Å². The van der Waals surface area contributed by atoms with E-state index in [1.807, 2.05) is 48.5 Å². The topological polar surface area (TPSA) is 94.9 Å². The molecule has 0 aliphatic heterocycles. The van der Waals surface area contributed by atoms with Gasteiger partial charge in [0.15, 0.2) is 17.5 Å². The van der Waals surface area contributed by atoms with Crippen molar-refractivity contribution < 1.29 is 13.9 Å². The van der Waals surface area contributed by atoms with Gasteiger partial charge in [-0.3, -0.25) is 0 Å². The number of hydrogen-bond acceptors (Lipinski definition) is 5. The Kier molecular flexibility index (Phi) is 6.51. The second-order valence-corrected chi connectivity index (χ2v) is 6.08. The van der Waals surface area contributed by atoms with Gasteiger partial charge in [0.05, 0.1) is 20.8 Å². The van der Waals surface area contributed by atoms with Gasteiger partial charge in [-0.25, -0.2) is 9.98 Å². The van der Waals surface area contributed by atoms with Crippen molar-refractivity contribution in [1.82, 2.24) is 10.3 Å². The zero-order valence-electron chi connectivity index (χ0n) is 16.0. The molecule has 0 amide bonds. The third kappa shape index (κ3) is 5.03. The number of guanidine groups is 1. The van der Waals surface area contributed by atoms with Crippen LogP contribution in [0.4, 0.5) is 0 Å². The Balaban J connectivity index is 1.49. The van der Waals surface area contributed by atoms with E-state index in [4.69, 9.17) is 19.6 Å². The van der Waals surface area contributed by atoms with Crippen LogP contribution in [-0.2, 0) is 13.0 Å². The molecule has 3 aromatic rings. The Bertz CT molecular complexity index is 922. The number of rotatable bonds is 8. The lowest BCUT2D eigenvalue weighted by Crippen LogP contribution is -2.33. The van der Waals surface area contributed by atoms with Crippen LogP contribution in [0.2, 0.25) is 0 Å². The van der Waals surface area contributed by atoms with Gasteiger partial charge in [0, 0.05) is 12.1 Å². The van der Waals surface area contributed by atoms with Gasteiger partial charge in [-0.05, 0) is 36.2 Å². The maximum atomic E-state index is 5.94. The zero-order valence-corrected chi connectivity index (χ0v) is 16.0. The normalized spacial score (nSPS) is 11.3. The lowest BCUT2D eigenvalue weighted by molar-refractivity contribution is 0.354. The molecule has 0 saturated carbocycles. The van der Waals surface area contributed by atoms with Gasteiger partial charge in [-0.1, -0.05) is 24.3 Å². The summed E-state index contributed by atoms with van der Waals surface area (Å²) >= 11 is 0. The van der Waals surface area contributed by atoms with Crippen LogP contribution in [0, 0.1) is 0 Å². The van der Waals surface area contributed by atoms with Crippen molar-refractivity contribution >= 4 is 5.96 Å². The summed E-state index contributed by atoms with van der Waals surface area (Å²) in [7, 11) is 3.24. The van der Waals surface area contributed by atoms with Gasteiger partial charge in [0.1, 0.15) is 12.0 Å². The van der Waals surface area contributed by atoms with Gasteiger partial charge < -0.3 is 24.9 Å². The molecule has 0 atom stereocenters. The molecular formula is C21H24N4O3. The van der Waals surface area contributed by atoms with Crippen LogP contribution in [-0.4, -0.2) is 31.7 Å². The fourth-order valence-corrected chi connectivity index (χ4v) is 2.69. The SMILES string of the molecule is COc1ccc(CCNC(N)=NCc2coc(-c3ccccc3)n2)cc1OC. The van der Waals surface area contributed by atoms with Gasteiger partial charge in [0.25, 0.3) is 0 Å². The second-order valence-electron chi connectivity index (χ2n) is 6.08. The quantitative estimate of drug-likeness (QED) is 0.461. The van der Waals surface area contributed by atoms with E-state index in [1.54, 1.807) is 20.5 Å². The lowest BCUT2D eigenvalue weighted by Gasteiger charge is -2.10. The molecule has 0 spiro atoms. The Morgan fingerprint density at radius 3 is 2.64 bits per heavy atom. The van der Waals surface area contributed by atoms with Crippen molar-refractivity contribution in [2.24, 2.45) is 10.7 Å². The van der Waals surface area contributed by atoms with E-state index >= 15 is 0 Å². The minimum atomic E-state index is 0.353. The number of oxazole rings is 1. The largest absolute Gasteiger partial charge is 0.493 e. The third-order valence-corrected chi connectivity index (χ3v) is 4.15. The highest BCUT2D eigenvalue weighted by atomic mass is 16.5. The van der Waals surface area contributed by atoms with E-state index in [-0.39, 0.29) is 0 Å². The Morgan fingerprint density at radius 2 is 1.89 bits per heavy atom. The van der Waals surface area contributed by atoms with Crippen LogP contribution < -0.4 is 20.5 Å². The van der Waals surface area contributed by atoms with Crippen molar-refractivity contribution in [2.75, 3.05) is 20.8 Å². The van der Waals surface area contributed by atoms with Crippen molar-refractivity contribution in [3.05, 3.63) is 66.1 Å². The molecule has 0 radical (unpaired) electrons. The number of nitrogens with zero attached hydrogens (tertiary/aromatic N) is 2. The molecule has 0 aliphatic rings. The molecule has 0 fully saturated rings. The Labute approximate surface area is 164 Å². The monoisotopic (exact) mass is 380 g/mol. The number of nitrogens with two attached hydrogens (primary N) is 1. The van der Waals surface area contributed by atoms with E-state index in [0.29, 0.717) is 36.4 Å². The highest BCUT2D eigenvalue weighted by molar-refractivity contribution is 5.77. The van der Waals surface area contributed by atoms with Gasteiger partial charge in [-0.2, -0.15) is 0 Å². The summed E-state index contributed by atoms with van der Waals surface area (Å²) in [6, 6.07) is 15.6. The van der Waals surface area contributed by atoms with E-state index < -0.39 is 0 Å². The maximum Gasteiger partial charge on any atom is 0.226 e. The fourth-order valence-electron chi connectivity index (χ4n) is 2.69. The van der Waals surface area contributed by atoms with Crippen molar-refractivity contribution in [2.45, 2.75) is 13.0 Å². The molecule has 1 heterocycles. The minimum absolute atomic E-state index is 0.353. The van der Waals surface area contributed by atoms with E-state index in [2.05, 4.69) is 15.3 Å². The van der Waals surface area contributed by atoms with Crippen LogP contribution in [0.25, 0.3) is 11.5 Å². The number of methoxy groups -OCH3 is 2. The van der Waals surface area contributed by atoms with Crippen molar-refractivity contribution in [1.29, 1.82) is 0 Å². The van der Waals surface area contributed by atoms with Crippen molar-refractivity contribution in [3.8, 4) is 23.0 Å². The Hall–Kier alpha value is -3.48. The summed E-state index contributed by atoms with van der Waals surface area (Å²) in [6.45, 7) is 1.00. The van der Waals surface area contributed by atoms with Crippen LogP contribution in [0.3, 0.4) is 0 Å². The number of nitrogens with one attached hydrogen (secondary N) is 1. The highest BCUT2D eigenvalue weighted by Crippen LogP contribution is 2.27. The molecule has 3 rings (SSSR count). The third-order valence-electron chi connectivity index (χ3n) is 4.15. The molecule has 0 aliphatic carbocycles. The van der Waals surface area contributed by atoms with E-state index in [1.165, 1.54) is 0 Å². The number of aromatic nitrogens is 1. The smallest absolute Gasteiger partial charge is 0.226 e. The average Bonchev–Trinajstić information content (AvgIpc) is 3.22. The summed E-state index contributed by atoms with van der Waals surface area (Å²) in [6.07, 6.45) is 2.38. The predicted molar refractivity (Wildman–Crippen MR) is 109 cm³/mol. The average molecular weight is 380 g/mol. The standard InChI is InChI=1S/C21H24N4O3/c1-26-18-9-8-15(12-19(18)27-2)10-11-23-21(22)24-13-17-14-28-20(25-17)16-6-4-3-5-7-16/h3-9,12,14H,10-11,13H2,1-2H3,(H3,22,23,24). The lowest BCUT2D eigenvalue weighted by atomic mass is 10.1. The minimum Gasteiger partial charge on any atom is -0.493 e. The molecule has 0 bridgehead atoms. The molecule has 7 nitrogen and oxygen atoms in total. The highest BCUT2D eigenvalue weighted by Gasteiger charge is 2.06. The summed E-state index contributed by atoms with van der Waals surface area (Å²) in [4.78, 5) is 8.74.